The summed E-state index contributed by atoms with van der Waals surface area (Å²) in [6.45, 7) is 3.66. The number of methoxy groups -OCH3 is 1. The summed E-state index contributed by atoms with van der Waals surface area (Å²) in [6, 6.07) is 10.4. The van der Waals surface area contributed by atoms with E-state index in [1.807, 2.05) is 30.3 Å². The summed E-state index contributed by atoms with van der Waals surface area (Å²) in [7, 11) is 1.65. The van der Waals surface area contributed by atoms with E-state index in [1.54, 1.807) is 7.11 Å². The lowest BCUT2D eigenvalue weighted by atomic mass is 9.93. The van der Waals surface area contributed by atoms with Crippen LogP contribution < -0.4 is 4.74 Å². The van der Waals surface area contributed by atoms with Crippen LogP contribution in [-0.2, 0) is 10.2 Å². The number of hydrogen-bond acceptors (Lipinski definition) is 5. The van der Waals surface area contributed by atoms with E-state index >= 15 is 0 Å². The molecule has 2 aromatic rings. The first-order valence-electron chi connectivity index (χ1n) is 11.3. The highest BCUT2D eigenvalue weighted by atomic mass is 16.5. The predicted octanol–water partition coefficient (Wildman–Crippen LogP) is 3.86. The number of nitrogens with zero attached hydrogens (tertiary/aromatic N) is 3. The molecule has 1 amide bonds. The van der Waals surface area contributed by atoms with E-state index in [0.717, 1.165) is 62.1 Å². The van der Waals surface area contributed by atoms with Crippen molar-refractivity contribution in [1.82, 2.24) is 15.0 Å². The Morgan fingerprint density at radius 3 is 2.57 bits per heavy atom. The van der Waals surface area contributed by atoms with Crippen molar-refractivity contribution >= 4 is 5.91 Å². The van der Waals surface area contributed by atoms with E-state index in [1.165, 1.54) is 32.1 Å². The van der Waals surface area contributed by atoms with Crippen LogP contribution >= 0.6 is 0 Å². The molecular weight excluding hydrogens is 378 g/mol. The molecule has 1 saturated heterocycles. The summed E-state index contributed by atoms with van der Waals surface area (Å²) < 4.78 is 10.9. The first-order valence-corrected chi connectivity index (χ1v) is 11.3. The van der Waals surface area contributed by atoms with Crippen LogP contribution in [0.5, 0.6) is 5.75 Å². The van der Waals surface area contributed by atoms with Gasteiger partial charge in [0.25, 0.3) is 0 Å². The van der Waals surface area contributed by atoms with Crippen LogP contribution in [0.1, 0.15) is 50.6 Å². The molecule has 1 aliphatic heterocycles. The molecule has 3 fully saturated rings. The molecule has 0 bridgehead atoms. The summed E-state index contributed by atoms with van der Waals surface area (Å²) in [4.78, 5) is 18.1. The zero-order valence-electron chi connectivity index (χ0n) is 17.8. The Kier molecular flexibility index (Phi) is 5.27. The lowest BCUT2D eigenvalue weighted by molar-refractivity contribution is -0.136. The normalized spacial score (nSPS) is 22.1. The van der Waals surface area contributed by atoms with E-state index in [-0.39, 0.29) is 5.91 Å². The number of carbonyl (C=O) groups excluding carboxylic acids is 1. The zero-order chi connectivity index (χ0) is 20.6. The molecule has 6 nitrogen and oxygen atoms in total. The van der Waals surface area contributed by atoms with Gasteiger partial charge in [-0.3, -0.25) is 9.69 Å². The lowest BCUT2D eigenvalue weighted by Crippen LogP contribution is -2.54. The van der Waals surface area contributed by atoms with E-state index < -0.39 is 5.41 Å². The van der Waals surface area contributed by atoms with Crippen LogP contribution in [0.15, 0.2) is 34.9 Å². The van der Waals surface area contributed by atoms with E-state index in [4.69, 9.17) is 9.26 Å². The molecule has 0 radical (unpaired) electrons. The van der Waals surface area contributed by atoms with Crippen molar-refractivity contribution in [3.63, 3.8) is 0 Å². The molecule has 5 rings (SSSR count). The van der Waals surface area contributed by atoms with Gasteiger partial charge >= 0.3 is 0 Å². The van der Waals surface area contributed by atoms with Gasteiger partial charge < -0.3 is 14.2 Å². The Labute approximate surface area is 178 Å². The lowest BCUT2D eigenvalue weighted by Gasteiger charge is -2.41. The van der Waals surface area contributed by atoms with Gasteiger partial charge in [-0.05, 0) is 37.8 Å². The van der Waals surface area contributed by atoms with Crippen molar-refractivity contribution in [2.75, 3.05) is 33.3 Å². The highest BCUT2D eigenvalue weighted by Crippen LogP contribution is 2.50. The smallest absolute Gasteiger partial charge is 0.235 e. The largest absolute Gasteiger partial charge is 0.497 e. The highest BCUT2D eigenvalue weighted by molar-refractivity contribution is 5.91. The first kappa shape index (κ1) is 19.6. The zero-order valence-corrected chi connectivity index (χ0v) is 17.8. The molecule has 0 spiro atoms. The molecule has 3 aliphatic rings. The second kappa shape index (κ2) is 8.06. The van der Waals surface area contributed by atoms with Gasteiger partial charge in [-0.1, -0.05) is 36.6 Å². The monoisotopic (exact) mass is 409 g/mol. The van der Waals surface area contributed by atoms with Crippen LogP contribution in [0.4, 0.5) is 0 Å². The Morgan fingerprint density at radius 1 is 1.10 bits per heavy atom. The minimum Gasteiger partial charge on any atom is -0.497 e. The third kappa shape index (κ3) is 3.62. The molecule has 0 atom stereocenters. The molecule has 0 unspecified atom stereocenters. The number of benzene rings is 1. The Morgan fingerprint density at radius 2 is 1.87 bits per heavy atom. The number of piperazine rings is 1. The standard InChI is InChI=1S/C24H31N3O3/c1-29-20-9-5-6-18(16-20)21-17-22(25-30-21)24(10-11-24)23(28)27-14-12-26(13-15-27)19-7-3-2-4-8-19/h5-6,9,16-17,19H,2-4,7-8,10-15H2,1H3. The summed E-state index contributed by atoms with van der Waals surface area (Å²) in [6.07, 6.45) is 8.46. The SMILES string of the molecule is COc1cccc(-c2cc(C3(C(=O)N4CCN(C5CCCCC5)CC4)CC3)no2)c1. The molecule has 30 heavy (non-hydrogen) atoms. The van der Waals surface area contributed by atoms with Gasteiger partial charge in [0.15, 0.2) is 5.76 Å². The fourth-order valence-corrected chi connectivity index (χ4v) is 5.16. The predicted molar refractivity (Wildman–Crippen MR) is 114 cm³/mol. The van der Waals surface area contributed by atoms with Crippen molar-refractivity contribution in [1.29, 1.82) is 0 Å². The first-order chi connectivity index (χ1) is 14.7. The number of aromatic nitrogens is 1. The second-order valence-electron chi connectivity index (χ2n) is 9.01. The number of ether oxygens (including phenoxy) is 1. The Balaban J connectivity index is 1.26. The average molecular weight is 410 g/mol. The fourth-order valence-electron chi connectivity index (χ4n) is 5.16. The summed E-state index contributed by atoms with van der Waals surface area (Å²) >= 11 is 0. The average Bonchev–Trinajstić information content (AvgIpc) is 3.48. The van der Waals surface area contributed by atoms with Gasteiger partial charge in [0.1, 0.15) is 5.75 Å². The quantitative estimate of drug-likeness (QED) is 0.751. The van der Waals surface area contributed by atoms with Crippen LogP contribution in [0.3, 0.4) is 0 Å². The second-order valence-corrected chi connectivity index (χ2v) is 9.01. The van der Waals surface area contributed by atoms with Gasteiger partial charge in [0.2, 0.25) is 5.91 Å². The van der Waals surface area contributed by atoms with Crippen LogP contribution in [0.2, 0.25) is 0 Å². The maximum Gasteiger partial charge on any atom is 0.235 e. The van der Waals surface area contributed by atoms with Gasteiger partial charge in [-0.25, -0.2) is 0 Å². The van der Waals surface area contributed by atoms with Gasteiger partial charge in [0, 0.05) is 43.9 Å². The Bertz CT molecular complexity index is 891. The van der Waals surface area contributed by atoms with Crippen molar-refractivity contribution in [2.24, 2.45) is 0 Å². The molecular formula is C24H31N3O3. The molecule has 1 aromatic carbocycles. The maximum atomic E-state index is 13.4. The van der Waals surface area contributed by atoms with Gasteiger partial charge in [-0.2, -0.15) is 0 Å². The van der Waals surface area contributed by atoms with Crippen LogP contribution in [0, 0.1) is 0 Å². The molecule has 6 heteroatoms. The number of carbonyl (C=O) groups is 1. The van der Waals surface area contributed by atoms with E-state index in [2.05, 4.69) is 15.0 Å². The molecule has 0 N–H and O–H groups in total. The highest BCUT2D eigenvalue weighted by Gasteiger charge is 2.55. The summed E-state index contributed by atoms with van der Waals surface area (Å²) in [5, 5.41) is 4.31. The third-order valence-corrected chi connectivity index (χ3v) is 7.21. The molecule has 2 aliphatic carbocycles. The van der Waals surface area contributed by atoms with Gasteiger partial charge in [0.05, 0.1) is 18.2 Å². The van der Waals surface area contributed by atoms with Crippen LogP contribution in [-0.4, -0.2) is 60.2 Å². The molecule has 1 aromatic heterocycles. The van der Waals surface area contributed by atoms with Crippen LogP contribution in [0.25, 0.3) is 11.3 Å². The molecule has 2 saturated carbocycles. The molecule has 2 heterocycles. The number of rotatable bonds is 5. The van der Waals surface area contributed by atoms with Crippen molar-refractivity contribution in [3.05, 3.63) is 36.0 Å². The minimum absolute atomic E-state index is 0.233. The topological polar surface area (TPSA) is 58.8 Å². The Hall–Kier alpha value is -2.34. The fraction of sp³-hybridized carbons (Fsp3) is 0.583. The van der Waals surface area contributed by atoms with Crippen molar-refractivity contribution in [2.45, 2.75) is 56.4 Å². The van der Waals surface area contributed by atoms with E-state index in [0.29, 0.717) is 5.76 Å². The summed E-state index contributed by atoms with van der Waals surface area (Å²) in [5.74, 6) is 1.69. The van der Waals surface area contributed by atoms with Crippen molar-refractivity contribution in [3.8, 4) is 17.1 Å². The van der Waals surface area contributed by atoms with Crippen molar-refractivity contribution < 1.29 is 14.1 Å². The van der Waals surface area contributed by atoms with E-state index in [9.17, 15) is 4.79 Å². The van der Waals surface area contributed by atoms with Gasteiger partial charge in [-0.15, -0.1) is 0 Å². The number of hydrogen-bond donors (Lipinski definition) is 0. The third-order valence-electron chi connectivity index (χ3n) is 7.21. The molecule has 160 valence electrons. The maximum absolute atomic E-state index is 13.4. The summed E-state index contributed by atoms with van der Waals surface area (Å²) in [5.41, 5.74) is 1.21. The minimum atomic E-state index is -0.479. The number of amides is 1.